The van der Waals surface area contributed by atoms with Gasteiger partial charge in [-0.15, -0.1) is 0 Å². The van der Waals surface area contributed by atoms with Gasteiger partial charge in [0.2, 0.25) is 0 Å². The lowest BCUT2D eigenvalue weighted by Crippen LogP contribution is -2.25. The van der Waals surface area contributed by atoms with Crippen molar-refractivity contribution < 1.29 is 9.84 Å². The summed E-state index contributed by atoms with van der Waals surface area (Å²) in [6.07, 6.45) is 4.82. The Morgan fingerprint density at radius 2 is 2.03 bits per heavy atom. The predicted octanol–water partition coefficient (Wildman–Crippen LogP) is 4.04. The molecule has 1 atom stereocenters. The Kier molecular flexibility index (Phi) is 4.76. The molecule has 1 unspecified atom stereocenters. The standard InChI is InChI=1S/C24H23N3O2/c28-24(18-4-3-9-25-13-18)17-7-8-23-19(12-17)15-27(10-11-29-23)16-20-14-26-22-6-2-1-5-21(20)22/h1-9,12-14,24,26,28H,10-11,15-16H2. The van der Waals surface area contributed by atoms with E-state index in [2.05, 4.69) is 45.3 Å². The van der Waals surface area contributed by atoms with Crippen molar-refractivity contribution in [3.63, 3.8) is 0 Å². The fraction of sp³-hybridized carbons (Fsp3) is 0.208. The first-order valence-electron chi connectivity index (χ1n) is 9.89. The number of aromatic amines is 1. The van der Waals surface area contributed by atoms with Crippen LogP contribution >= 0.6 is 0 Å². The number of ether oxygens (including phenoxy) is 1. The Hall–Kier alpha value is -3.15. The van der Waals surface area contributed by atoms with Gasteiger partial charge in [-0.3, -0.25) is 9.88 Å². The number of nitrogens with zero attached hydrogens (tertiary/aromatic N) is 2. The number of H-pyrrole nitrogens is 1. The quantitative estimate of drug-likeness (QED) is 0.557. The van der Waals surface area contributed by atoms with Crippen LogP contribution < -0.4 is 4.74 Å². The second-order valence-electron chi connectivity index (χ2n) is 7.47. The predicted molar refractivity (Wildman–Crippen MR) is 113 cm³/mol. The van der Waals surface area contributed by atoms with Crippen LogP contribution in [0.2, 0.25) is 0 Å². The van der Waals surface area contributed by atoms with Gasteiger partial charge >= 0.3 is 0 Å². The van der Waals surface area contributed by atoms with Crippen LogP contribution in [-0.4, -0.2) is 33.1 Å². The van der Waals surface area contributed by atoms with Crippen molar-refractivity contribution in [3.8, 4) is 5.75 Å². The van der Waals surface area contributed by atoms with Crippen molar-refractivity contribution in [2.45, 2.75) is 19.2 Å². The van der Waals surface area contributed by atoms with Gasteiger partial charge in [-0.25, -0.2) is 0 Å². The minimum Gasteiger partial charge on any atom is -0.492 e. The highest BCUT2D eigenvalue weighted by molar-refractivity contribution is 5.82. The molecule has 0 amide bonds. The van der Waals surface area contributed by atoms with Gasteiger partial charge in [-0.2, -0.15) is 0 Å². The first-order valence-corrected chi connectivity index (χ1v) is 9.89. The number of hydrogen-bond acceptors (Lipinski definition) is 4. The second-order valence-corrected chi connectivity index (χ2v) is 7.47. The molecular weight excluding hydrogens is 362 g/mol. The highest BCUT2D eigenvalue weighted by atomic mass is 16.5. The number of fused-ring (bicyclic) bond motifs is 2. The number of aliphatic hydroxyl groups excluding tert-OH is 1. The molecule has 2 aromatic carbocycles. The molecule has 0 bridgehead atoms. The molecule has 1 aliphatic heterocycles. The van der Waals surface area contributed by atoms with E-state index in [0.29, 0.717) is 6.61 Å². The summed E-state index contributed by atoms with van der Waals surface area (Å²) in [5.74, 6) is 0.897. The molecule has 5 rings (SSSR count). The molecule has 0 fully saturated rings. The number of aliphatic hydroxyl groups is 1. The van der Waals surface area contributed by atoms with Crippen LogP contribution in [0, 0.1) is 0 Å². The van der Waals surface area contributed by atoms with Crippen LogP contribution in [0.15, 0.2) is 73.2 Å². The average Bonchev–Trinajstić information content (AvgIpc) is 3.06. The summed E-state index contributed by atoms with van der Waals surface area (Å²) in [6, 6.07) is 18.1. The molecule has 146 valence electrons. The molecule has 3 heterocycles. The van der Waals surface area contributed by atoms with E-state index in [-0.39, 0.29) is 0 Å². The fourth-order valence-corrected chi connectivity index (χ4v) is 4.01. The molecule has 0 aliphatic carbocycles. The summed E-state index contributed by atoms with van der Waals surface area (Å²) in [5, 5.41) is 12.0. The topological polar surface area (TPSA) is 61.4 Å². The van der Waals surface area contributed by atoms with E-state index < -0.39 is 6.10 Å². The van der Waals surface area contributed by atoms with Crippen molar-refractivity contribution in [1.29, 1.82) is 0 Å². The number of nitrogens with one attached hydrogen (secondary N) is 1. The smallest absolute Gasteiger partial charge is 0.123 e. The third kappa shape index (κ3) is 3.62. The minimum atomic E-state index is -0.695. The maximum atomic E-state index is 10.8. The van der Waals surface area contributed by atoms with Gasteiger partial charge < -0.3 is 14.8 Å². The summed E-state index contributed by atoms with van der Waals surface area (Å²) in [5.41, 5.74) is 5.20. The summed E-state index contributed by atoms with van der Waals surface area (Å²) in [6.45, 7) is 3.14. The van der Waals surface area contributed by atoms with Gasteiger partial charge in [0.05, 0.1) is 0 Å². The Bertz CT molecular complexity index is 1120. The Morgan fingerprint density at radius 1 is 1.10 bits per heavy atom. The number of benzene rings is 2. The summed E-state index contributed by atoms with van der Waals surface area (Å²) in [4.78, 5) is 9.86. The zero-order chi connectivity index (χ0) is 19.6. The van der Waals surface area contributed by atoms with Crippen molar-refractivity contribution in [2.24, 2.45) is 0 Å². The van der Waals surface area contributed by atoms with E-state index in [1.54, 1.807) is 12.4 Å². The molecule has 29 heavy (non-hydrogen) atoms. The molecule has 4 aromatic rings. The number of aromatic nitrogens is 2. The maximum Gasteiger partial charge on any atom is 0.123 e. The molecule has 0 saturated heterocycles. The Morgan fingerprint density at radius 3 is 2.93 bits per heavy atom. The van der Waals surface area contributed by atoms with Gasteiger partial charge in [-0.1, -0.05) is 30.3 Å². The number of hydrogen-bond donors (Lipinski definition) is 2. The van der Waals surface area contributed by atoms with Gasteiger partial charge in [0.1, 0.15) is 18.5 Å². The summed E-state index contributed by atoms with van der Waals surface area (Å²) < 4.78 is 5.98. The molecule has 2 aromatic heterocycles. The van der Waals surface area contributed by atoms with E-state index in [0.717, 1.165) is 47.6 Å². The molecule has 5 heteroatoms. The van der Waals surface area contributed by atoms with Gasteiger partial charge in [0.15, 0.2) is 0 Å². The van der Waals surface area contributed by atoms with Crippen molar-refractivity contribution in [2.75, 3.05) is 13.2 Å². The average molecular weight is 385 g/mol. The molecule has 5 nitrogen and oxygen atoms in total. The van der Waals surface area contributed by atoms with Crippen molar-refractivity contribution in [1.82, 2.24) is 14.9 Å². The molecule has 0 radical (unpaired) electrons. The normalized spacial score (nSPS) is 15.5. The lowest BCUT2D eigenvalue weighted by Gasteiger charge is -2.19. The van der Waals surface area contributed by atoms with Crippen LogP contribution in [0.5, 0.6) is 5.75 Å². The Balaban J connectivity index is 1.40. The highest BCUT2D eigenvalue weighted by Crippen LogP contribution is 2.30. The van der Waals surface area contributed by atoms with E-state index in [1.165, 1.54) is 10.9 Å². The largest absolute Gasteiger partial charge is 0.492 e. The monoisotopic (exact) mass is 385 g/mol. The SMILES string of the molecule is OC(c1cccnc1)c1ccc2c(c1)CN(Cc1c[nH]c3ccccc13)CCO2. The zero-order valence-corrected chi connectivity index (χ0v) is 16.1. The van der Waals surface area contributed by atoms with Crippen LogP contribution in [0.1, 0.15) is 28.4 Å². The lowest BCUT2D eigenvalue weighted by atomic mass is 10.00. The molecule has 1 aliphatic rings. The van der Waals surface area contributed by atoms with E-state index in [4.69, 9.17) is 4.74 Å². The summed E-state index contributed by atoms with van der Waals surface area (Å²) in [7, 11) is 0. The third-order valence-corrected chi connectivity index (χ3v) is 5.53. The first-order chi connectivity index (χ1) is 14.3. The number of pyridine rings is 1. The zero-order valence-electron chi connectivity index (χ0n) is 16.1. The van der Waals surface area contributed by atoms with Crippen LogP contribution in [0.4, 0.5) is 0 Å². The molecule has 2 N–H and O–H groups in total. The Labute approximate surface area is 169 Å². The minimum absolute atomic E-state index is 0.653. The van der Waals surface area contributed by atoms with Crippen LogP contribution in [0.3, 0.4) is 0 Å². The summed E-state index contributed by atoms with van der Waals surface area (Å²) >= 11 is 0. The molecule has 0 saturated carbocycles. The second kappa shape index (κ2) is 7.70. The van der Waals surface area contributed by atoms with Gasteiger partial charge in [0.25, 0.3) is 0 Å². The lowest BCUT2D eigenvalue weighted by molar-refractivity contribution is 0.218. The van der Waals surface area contributed by atoms with Gasteiger partial charge in [0, 0.05) is 60.3 Å². The highest BCUT2D eigenvalue weighted by Gasteiger charge is 2.19. The molecule has 0 spiro atoms. The first kappa shape index (κ1) is 17.9. The molecular formula is C24H23N3O2. The maximum absolute atomic E-state index is 10.8. The van der Waals surface area contributed by atoms with E-state index in [9.17, 15) is 5.11 Å². The number of para-hydroxylation sites is 1. The van der Waals surface area contributed by atoms with E-state index >= 15 is 0 Å². The number of rotatable bonds is 4. The van der Waals surface area contributed by atoms with Crippen LogP contribution in [-0.2, 0) is 13.1 Å². The van der Waals surface area contributed by atoms with E-state index in [1.807, 2.05) is 30.3 Å². The van der Waals surface area contributed by atoms with Crippen molar-refractivity contribution in [3.05, 3.63) is 95.4 Å². The third-order valence-electron chi connectivity index (χ3n) is 5.53. The van der Waals surface area contributed by atoms with Crippen molar-refractivity contribution >= 4 is 10.9 Å². The van der Waals surface area contributed by atoms with Gasteiger partial charge in [-0.05, 0) is 35.4 Å². The fourth-order valence-electron chi connectivity index (χ4n) is 4.01. The van der Waals surface area contributed by atoms with Crippen LogP contribution in [0.25, 0.3) is 10.9 Å².